The van der Waals surface area contributed by atoms with Crippen LogP contribution in [0, 0.1) is 29.1 Å². The smallest absolute Gasteiger partial charge is 0.0240 e. The van der Waals surface area contributed by atoms with Gasteiger partial charge in [-0.1, -0.05) is 27.7 Å². The molecule has 2 bridgehead atoms. The van der Waals surface area contributed by atoms with Crippen molar-refractivity contribution in [2.45, 2.75) is 71.9 Å². The highest BCUT2D eigenvalue weighted by molar-refractivity contribution is 5.13. The third-order valence-corrected chi connectivity index (χ3v) is 6.09. The topological polar surface area (TPSA) is 12.0 Å². The molecule has 0 amide bonds. The Morgan fingerprint density at radius 3 is 2.53 bits per heavy atom. The quantitative estimate of drug-likeness (QED) is 0.732. The van der Waals surface area contributed by atoms with Gasteiger partial charge in [-0.05, 0) is 42.4 Å². The van der Waals surface area contributed by atoms with E-state index >= 15 is 0 Å². The first kappa shape index (κ1) is 13.0. The summed E-state index contributed by atoms with van der Waals surface area (Å²) in [6.07, 6.45) is 11.6. The predicted molar refractivity (Wildman–Crippen MR) is 73.7 cm³/mol. The minimum absolute atomic E-state index is 0.472. The molecule has 1 nitrogen and oxygen atoms in total. The van der Waals surface area contributed by atoms with E-state index in [1.165, 1.54) is 19.3 Å². The summed E-state index contributed by atoms with van der Waals surface area (Å²) in [7, 11) is 0. The van der Waals surface area contributed by atoms with Crippen molar-refractivity contribution < 1.29 is 0 Å². The monoisotopic (exact) mass is 233 g/mol. The Balaban J connectivity index is 2.08. The van der Waals surface area contributed by atoms with Crippen LogP contribution in [-0.4, -0.2) is 12.1 Å². The second-order valence-corrected chi connectivity index (χ2v) is 6.84. The Morgan fingerprint density at radius 1 is 1.41 bits per heavy atom. The summed E-state index contributed by atoms with van der Waals surface area (Å²) in [6, 6.07) is 1.19. The molecular weight excluding hydrogens is 206 g/mol. The Kier molecular flexibility index (Phi) is 3.29. The lowest BCUT2D eigenvalue weighted by molar-refractivity contribution is 0.115. The standard InChI is InChI=1S/C16H27N/c1-6-8-13(7-2)17-14-11-12-9-10-16(14,5)15(12,3)4/h1,12-14,17H,7-11H2,2-5H3. The van der Waals surface area contributed by atoms with Gasteiger partial charge in [0.1, 0.15) is 0 Å². The van der Waals surface area contributed by atoms with Gasteiger partial charge in [-0.3, -0.25) is 0 Å². The fraction of sp³-hybridized carbons (Fsp3) is 0.875. The molecular formula is C16H27N. The van der Waals surface area contributed by atoms with Crippen LogP contribution >= 0.6 is 0 Å². The van der Waals surface area contributed by atoms with Gasteiger partial charge in [0.15, 0.2) is 0 Å². The number of fused-ring (bicyclic) bond motifs is 2. The van der Waals surface area contributed by atoms with E-state index in [1.54, 1.807) is 0 Å². The summed E-state index contributed by atoms with van der Waals surface area (Å²) < 4.78 is 0. The normalized spacial score (nSPS) is 40.2. The molecule has 2 aliphatic carbocycles. The molecule has 0 aromatic rings. The Labute approximate surface area is 107 Å². The van der Waals surface area contributed by atoms with Gasteiger partial charge >= 0.3 is 0 Å². The summed E-state index contributed by atoms with van der Waals surface area (Å²) >= 11 is 0. The zero-order valence-corrected chi connectivity index (χ0v) is 11.8. The Hall–Kier alpha value is -0.480. The van der Waals surface area contributed by atoms with E-state index in [-0.39, 0.29) is 0 Å². The first-order valence-corrected chi connectivity index (χ1v) is 7.15. The first-order valence-electron chi connectivity index (χ1n) is 7.15. The van der Waals surface area contributed by atoms with Crippen molar-refractivity contribution in [1.82, 2.24) is 5.32 Å². The van der Waals surface area contributed by atoms with Gasteiger partial charge in [0.05, 0.1) is 0 Å². The number of nitrogens with one attached hydrogen (secondary N) is 1. The fourth-order valence-electron chi connectivity index (χ4n) is 4.20. The Morgan fingerprint density at radius 2 is 2.12 bits per heavy atom. The van der Waals surface area contributed by atoms with Gasteiger partial charge in [0.25, 0.3) is 0 Å². The van der Waals surface area contributed by atoms with E-state index in [0.717, 1.165) is 18.8 Å². The summed E-state index contributed by atoms with van der Waals surface area (Å²) in [6.45, 7) is 9.65. The van der Waals surface area contributed by atoms with Crippen LogP contribution in [0.25, 0.3) is 0 Å². The van der Waals surface area contributed by atoms with Crippen LogP contribution in [0.5, 0.6) is 0 Å². The lowest BCUT2D eigenvalue weighted by atomic mass is 9.69. The van der Waals surface area contributed by atoms with E-state index in [4.69, 9.17) is 6.42 Å². The number of hydrogen-bond acceptors (Lipinski definition) is 1. The molecule has 0 heterocycles. The summed E-state index contributed by atoms with van der Waals surface area (Å²) in [4.78, 5) is 0. The molecule has 0 saturated heterocycles. The lowest BCUT2D eigenvalue weighted by Gasteiger charge is -2.41. The van der Waals surface area contributed by atoms with Crippen molar-refractivity contribution in [3.05, 3.63) is 0 Å². The molecule has 4 atom stereocenters. The van der Waals surface area contributed by atoms with Gasteiger partial charge in [-0.25, -0.2) is 0 Å². The van der Waals surface area contributed by atoms with Crippen LogP contribution in [0.2, 0.25) is 0 Å². The Bertz CT molecular complexity index is 325. The number of terminal acetylenes is 1. The fourth-order valence-corrected chi connectivity index (χ4v) is 4.20. The highest BCUT2D eigenvalue weighted by atomic mass is 15.0. The lowest BCUT2D eigenvalue weighted by Crippen LogP contribution is -2.48. The van der Waals surface area contributed by atoms with Crippen LogP contribution in [0.4, 0.5) is 0 Å². The van der Waals surface area contributed by atoms with Gasteiger partial charge in [0, 0.05) is 18.5 Å². The highest BCUT2D eigenvalue weighted by Crippen LogP contribution is 2.65. The molecule has 0 aromatic heterocycles. The summed E-state index contributed by atoms with van der Waals surface area (Å²) in [5.74, 6) is 3.72. The van der Waals surface area contributed by atoms with Crippen LogP contribution in [0.15, 0.2) is 0 Å². The largest absolute Gasteiger partial charge is 0.310 e. The van der Waals surface area contributed by atoms with Crippen LogP contribution in [0.3, 0.4) is 0 Å². The zero-order chi connectivity index (χ0) is 12.7. The SMILES string of the molecule is C#CCC(CC)NC1CC2CCC1(C)C2(C)C. The van der Waals surface area contributed by atoms with E-state index in [9.17, 15) is 0 Å². The first-order chi connectivity index (χ1) is 7.95. The summed E-state index contributed by atoms with van der Waals surface area (Å²) in [5.41, 5.74) is 0.971. The maximum atomic E-state index is 5.45. The van der Waals surface area contributed by atoms with Crippen molar-refractivity contribution in [1.29, 1.82) is 0 Å². The molecule has 2 fully saturated rings. The van der Waals surface area contributed by atoms with Gasteiger partial charge in [-0.15, -0.1) is 12.3 Å². The minimum Gasteiger partial charge on any atom is -0.310 e. The average molecular weight is 233 g/mol. The zero-order valence-electron chi connectivity index (χ0n) is 11.8. The van der Waals surface area contributed by atoms with E-state index < -0.39 is 0 Å². The van der Waals surface area contributed by atoms with Crippen LogP contribution in [-0.2, 0) is 0 Å². The van der Waals surface area contributed by atoms with E-state index in [1.807, 2.05) is 0 Å². The molecule has 2 rings (SSSR count). The third-order valence-electron chi connectivity index (χ3n) is 6.09. The van der Waals surface area contributed by atoms with Crippen molar-refractivity contribution in [2.75, 3.05) is 0 Å². The van der Waals surface area contributed by atoms with Gasteiger partial charge in [-0.2, -0.15) is 0 Å². The second-order valence-electron chi connectivity index (χ2n) is 6.84. The summed E-state index contributed by atoms with van der Waals surface area (Å²) in [5, 5.41) is 3.85. The molecule has 1 heteroatoms. The highest BCUT2D eigenvalue weighted by Gasteiger charge is 2.61. The molecule has 0 radical (unpaired) electrons. The van der Waals surface area contributed by atoms with E-state index in [0.29, 0.717) is 22.9 Å². The van der Waals surface area contributed by atoms with Crippen LogP contribution in [0.1, 0.15) is 59.8 Å². The molecule has 0 spiro atoms. The number of rotatable bonds is 4. The molecule has 96 valence electrons. The van der Waals surface area contributed by atoms with Crippen LogP contribution < -0.4 is 5.32 Å². The molecule has 2 saturated carbocycles. The van der Waals surface area contributed by atoms with Gasteiger partial charge < -0.3 is 5.32 Å². The van der Waals surface area contributed by atoms with Crippen molar-refractivity contribution >= 4 is 0 Å². The predicted octanol–water partition coefficient (Wildman–Crippen LogP) is 3.59. The maximum Gasteiger partial charge on any atom is 0.0240 e. The molecule has 1 N–H and O–H groups in total. The van der Waals surface area contributed by atoms with Crippen molar-refractivity contribution in [3.63, 3.8) is 0 Å². The number of hydrogen-bond donors (Lipinski definition) is 1. The van der Waals surface area contributed by atoms with Crippen molar-refractivity contribution in [3.8, 4) is 12.3 Å². The van der Waals surface area contributed by atoms with Gasteiger partial charge in [0.2, 0.25) is 0 Å². The maximum absolute atomic E-state index is 5.45. The third kappa shape index (κ3) is 1.82. The minimum atomic E-state index is 0.472. The second kappa shape index (κ2) is 4.32. The molecule has 0 aliphatic heterocycles. The molecule has 17 heavy (non-hydrogen) atoms. The molecule has 0 aromatic carbocycles. The molecule has 4 unspecified atom stereocenters. The van der Waals surface area contributed by atoms with Crippen molar-refractivity contribution in [2.24, 2.45) is 16.7 Å². The average Bonchev–Trinajstić information content (AvgIpc) is 2.61. The molecule has 2 aliphatic rings. The van der Waals surface area contributed by atoms with E-state index in [2.05, 4.69) is 38.9 Å².